The van der Waals surface area contributed by atoms with Gasteiger partial charge in [-0.3, -0.25) is 0 Å². The summed E-state index contributed by atoms with van der Waals surface area (Å²) in [5.41, 5.74) is 0.917. The molecule has 0 saturated carbocycles. The van der Waals surface area contributed by atoms with Crippen molar-refractivity contribution in [2.45, 2.75) is 24.7 Å². The number of rotatable bonds is 6. The number of aryl methyl sites for hydroxylation is 1. The molecule has 0 saturated heterocycles. The van der Waals surface area contributed by atoms with Gasteiger partial charge < -0.3 is 5.11 Å². The highest BCUT2D eigenvalue weighted by molar-refractivity contribution is 7.89. The zero-order chi connectivity index (χ0) is 13.6. The zero-order valence-corrected chi connectivity index (χ0v) is 11.0. The van der Waals surface area contributed by atoms with Crippen molar-refractivity contribution < 1.29 is 13.5 Å². The zero-order valence-electron chi connectivity index (χ0n) is 10.2. The molecule has 18 heavy (non-hydrogen) atoms. The van der Waals surface area contributed by atoms with E-state index < -0.39 is 10.0 Å². The molecule has 0 atom stereocenters. The summed E-state index contributed by atoms with van der Waals surface area (Å²) < 4.78 is 26.5. The van der Waals surface area contributed by atoms with E-state index in [1.165, 1.54) is 6.07 Å². The van der Waals surface area contributed by atoms with E-state index in [4.69, 9.17) is 10.4 Å². The van der Waals surface area contributed by atoms with Gasteiger partial charge in [-0.1, -0.05) is 6.07 Å². The van der Waals surface area contributed by atoms with Crippen LogP contribution in [0.15, 0.2) is 23.1 Å². The number of hydrogen-bond donors (Lipinski definition) is 2. The molecule has 0 amide bonds. The highest BCUT2D eigenvalue weighted by Crippen LogP contribution is 2.16. The minimum atomic E-state index is -3.59. The minimum Gasteiger partial charge on any atom is -0.396 e. The molecule has 2 N–H and O–H groups in total. The van der Waals surface area contributed by atoms with E-state index in [1.54, 1.807) is 19.1 Å². The van der Waals surface area contributed by atoms with Crippen LogP contribution in [0, 0.1) is 18.3 Å². The molecule has 6 heteroatoms. The van der Waals surface area contributed by atoms with Gasteiger partial charge >= 0.3 is 0 Å². The number of aliphatic hydroxyl groups is 1. The number of unbranched alkanes of at least 4 members (excludes halogenated alkanes) is 1. The lowest BCUT2D eigenvalue weighted by Crippen LogP contribution is -2.25. The first-order valence-corrected chi connectivity index (χ1v) is 7.11. The van der Waals surface area contributed by atoms with E-state index in [2.05, 4.69) is 4.72 Å². The van der Waals surface area contributed by atoms with E-state index in [9.17, 15) is 8.42 Å². The Morgan fingerprint density at radius 3 is 2.72 bits per heavy atom. The first-order chi connectivity index (χ1) is 8.51. The summed E-state index contributed by atoms with van der Waals surface area (Å²) in [5.74, 6) is 0. The van der Waals surface area contributed by atoms with Crippen LogP contribution in [0.3, 0.4) is 0 Å². The lowest BCUT2D eigenvalue weighted by atomic mass is 10.2. The fourth-order valence-electron chi connectivity index (χ4n) is 1.48. The molecule has 0 heterocycles. The predicted molar refractivity (Wildman–Crippen MR) is 67.4 cm³/mol. The normalized spacial score (nSPS) is 11.2. The lowest BCUT2D eigenvalue weighted by Gasteiger charge is -2.09. The average molecular weight is 268 g/mol. The molecule has 1 rings (SSSR count). The fourth-order valence-corrected chi connectivity index (χ4v) is 2.82. The molecule has 1 aromatic carbocycles. The molecule has 0 fully saturated rings. The van der Waals surface area contributed by atoms with Crippen LogP contribution in [-0.2, 0) is 10.0 Å². The second-order valence-corrected chi connectivity index (χ2v) is 5.66. The van der Waals surface area contributed by atoms with Gasteiger partial charge in [0.15, 0.2) is 0 Å². The first kappa shape index (κ1) is 14.6. The molecule has 0 bridgehead atoms. The maximum absolute atomic E-state index is 12.0. The summed E-state index contributed by atoms with van der Waals surface area (Å²) in [7, 11) is -3.59. The van der Waals surface area contributed by atoms with Gasteiger partial charge in [0.25, 0.3) is 0 Å². The van der Waals surface area contributed by atoms with Crippen molar-refractivity contribution in [1.82, 2.24) is 4.72 Å². The van der Waals surface area contributed by atoms with Gasteiger partial charge in [-0.2, -0.15) is 5.26 Å². The SMILES string of the molecule is Cc1ccc(C#N)cc1S(=O)(=O)NCCCCO. The van der Waals surface area contributed by atoms with E-state index in [0.717, 1.165) is 0 Å². The first-order valence-electron chi connectivity index (χ1n) is 5.62. The highest BCUT2D eigenvalue weighted by atomic mass is 32.2. The largest absolute Gasteiger partial charge is 0.396 e. The van der Waals surface area contributed by atoms with Crippen molar-refractivity contribution in [2.75, 3.05) is 13.2 Å². The van der Waals surface area contributed by atoms with Crippen LogP contribution in [0.5, 0.6) is 0 Å². The highest BCUT2D eigenvalue weighted by Gasteiger charge is 2.16. The molecule has 0 aromatic heterocycles. The number of nitrogens with one attached hydrogen (secondary N) is 1. The monoisotopic (exact) mass is 268 g/mol. The van der Waals surface area contributed by atoms with Crippen LogP contribution in [0.4, 0.5) is 0 Å². The second kappa shape index (κ2) is 6.50. The summed E-state index contributed by atoms with van der Waals surface area (Å²) in [5, 5.41) is 17.4. The molecule has 0 unspecified atom stereocenters. The smallest absolute Gasteiger partial charge is 0.240 e. The van der Waals surface area contributed by atoms with Gasteiger partial charge in [0.05, 0.1) is 16.5 Å². The molecule has 0 aliphatic carbocycles. The quantitative estimate of drug-likeness (QED) is 0.751. The van der Waals surface area contributed by atoms with Gasteiger partial charge in [-0.15, -0.1) is 0 Å². The average Bonchev–Trinajstić information content (AvgIpc) is 2.35. The van der Waals surface area contributed by atoms with Crippen LogP contribution in [0.2, 0.25) is 0 Å². The number of nitriles is 1. The molecular formula is C12H16N2O3S. The number of sulfonamides is 1. The van der Waals surface area contributed by atoms with Crippen molar-refractivity contribution >= 4 is 10.0 Å². The van der Waals surface area contributed by atoms with Gasteiger partial charge in [-0.25, -0.2) is 13.1 Å². The molecular weight excluding hydrogens is 252 g/mol. The van der Waals surface area contributed by atoms with Crippen molar-refractivity contribution in [1.29, 1.82) is 5.26 Å². The second-order valence-electron chi connectivity index (χ2n) is 3.92. The summed E-state index contributed by atoms with van der Waals surface area (Å²) in [6.07, 6.45) is 1.13. The molecule has 0 spiro atoms. The van der Waals surface area contributed by atoms with Crippen LogP contribution >= 0.6 is 0 Å². The Hall–Kier alpha value is -1.42. The van der Waals surface area contributed by atoms with E-state index in [1.807, 2.05) is 6.07 Å². The number of benzene rings is 1. The number of aliphatic hydroxyl groups excluding tert-OH is 1. The number of nitrogens with zero attached hydrogens (tertiary/aromatic N) is 1. The van der Waals surface area contributed by atoms with Gasteiger partial charge in [0.1, 0.15) is 0 Å². The van der Waals surface area contributed by atoms with E-state index in [0.29, 0.717) is 24.0 Å². The Bertz CT molecular complexity index is 547. The predicted octanol–water partition coefficient (Wildman–Crippen LogP) is 0.917. The Labute approximate surface area is 107 Å². The minimum absolute atomic E-state index is 0.0463. The standard InChI is InChI=1S/C12H16N2O3S/c1-10-4-5-11(9-13)8-12(10)18(16,17)14-6-2-3-7-15/h4-5,8,14-15H,2-3,6-7H2,1H3. The van der Waals surface area contributed by atoms with Crippen LogP contribution < -0.4 is 4.72 Å². The van der Waals surface area contributed by atoms with Crippen molar-refractivity contribution in [2.24, 2.45) is 0 Å². The molecule has 98 valence electrons. The fraction of sp³-hybridized carbons (Fsp3) is 0.417. The third-order valence-corrected chi connectivity index (χ3v) is 4.09. The Kier molecular flexibility index (Phi) is 5.28. The van der Waals surface area contributed by atoms with Crippen LogP contribution in [0.1, 0.15) is 24.0 Å². The van der Waals surface area contributed by atoms with Gasteiger partial charge in [0.2, 0.25) is 10.0 Å². The van der Waals surface area contributed by atoms with Gasteiger partial charge in [-0.05, 0) is 37.5 Å². The molecule has 0 aliphatic rings. The maximum atomic E-state index is 12.0. The van der Waals surface area contributed by atoms with Crippen LogP contribution in [-0.4, -0.2) is 26.7 Å². The topological polar surface area (TPSA) is 90.2 Å². The summed E-state index contributed by atoms with van der Waals surface area (Å²) in [6, 6.07) is 6.48. The summed E-state index contributed by atoms with van der Waals surface area (Å²) >= 11 is 0. The number of hydrogen-bond acceptors (Lipinski definition) is 4. The molecule has 5 nitrogen and oxygen atoms in total. The molecule has 1 aromatic rings. The van der Waals surface area contributed by atoms with E-state index >= 15 is 0 Å². The summed E-state index contributed by atoms with van der Waals surface area (Å²) in [6.45, 7) is 2.01. The lowest BCUT2D eigenvalue weighted by molar-refractivity contribution is 0.285. The summed E-state index contributed by atoms with van der Waals surface area (Å²) in [4.78, 5) is 0.130. The Morgan fingerprint density at radius 1 is 1.39 bits per heavy atom. The third-order valence-electron chi connectivity index (χ3n) is 2.48. The van der Waals surface area contributed by atoms with Crippen molar-refractivity contribution in [3.05, 3.63) is 29.3 Å². The van der Waals surface area contributed by atoms with Gasteiger partial charge in [0, 0.05) is 13.2 Å². The third kappa shape index (κ3) is 3.81. The maximum Gasteiger partial charge on any atom is 0.240 e. The van der Waals surface area contributed by atoms with Crippen molar-refractivity contribution in [3.8, 4) is 6.07 Å². The molecule has 0 aliphatic heterocycles. The Morgan fingerprint density at radius 2 is 2.11 bits per heavy atom. The van der Waals surface area contributed by atoms with Crippen molar-refractivity contribution in [3.63, 3.8) is 0 Å². The Balaban J connectivity index is 2.88. The van der Waals surface area contributed by atoms with E-state index in [-0.39, 0.29) is 18.0 Å². The van der Waals surface area contributed by atoms with Crippen LogP contribution in [0.25, 0.3) is 0 Å². The molecule has 0 radical (unpaired) electrons.